The molecule has 0 saturated carbocycles. The first-order valence-corrected chi connectivity index (χ1v) is 12.6. The highest BCUT2D eigenvalue weighted by Crippen LogP contribution is 2.50. The Hall–Kier alpha value is -4.70. The van der Waals surface area contributed by atoms with Crippen molar-refractivity contribution in [2.75, 3.05) is 7.11 Å². The van der Waals surface area contributed by atoms with Crippen molar-refractivity contribution in [3.05, 3.63) is 92.0 Å². The van der Waals surface area contributed by atoms with Gasteiger partial charge in [0.25, 0.3) is 5.56 Å². The Labute approximate surface area is 229 Å². The monoisotopic (exact) mass is 544 g/mol. The van der Waals surface area contributed by atoms with Gasteiger partial charge in [0, 0.05) is 47.0 Å². The quantitative estimate of drug-likeness (QED) is 0.243. The van der Waals surface area contributed by atoms with Gasteiger partial charge in [0.05, 0.1) is 36.9 Å². The predicted octanol–water partition coefficient (Wildman–Crippen LogP) is 3.88. The van der Waals surface area contributed by atoms with E-state index in [1.54, 1.807) is 50.5 Å². The molecular weight excluding hydrogens is 516 g/mol. The third-order valence-electron chi connectivity index (χ3n) is 7.51. The Kier molecular flexibility index (Phi) is 6.80. The van der Waals surface area contributed by atoms with Crippen LogP contribution in [0.5, 0.6) is 17.2 Å². The lowest BCUT2D eigenvalue weighted by Crippen LogP contribution is -2.26. The van der Waals surface area contributed by atoms with Gasteiger partial charge in [0.1, 0.15) is 23.4 Å². The lowest BCUT2D eigenvalue weighted by atomic mass is 9.83. The third kappa shape index (κ3) is 4.26. The number of aromatic hydroxyl groups is 3. The van der Waals surface area contributed by atoms with Crippen molar-refractivity contribution in [1.82, 2.24) is 9.55 Å². The zero-order chi connectivity index (χ0) is 28.9. The Morgan fingerprint density at radius 3 is 2.58 bits per heavy atom. The van der Waals surface area contributed by atoms with Crippen molar-refractivity contribution in [1.29, 1.82) is 0 Å². The number of fused-ring (bicyclic) bond motifs is 2. The van der Waals surface area contributed by atoms with Crippen LogP contribution in [0.2, 0.25) is 0 Å². The molecule has 3 N–H and O–H groups in total. The van der Waals surface area contributed by atoms with Crippen LogP contribution in [0.25, 0.3) is 10.9 Å². The number of carbonyl (C=O) groups excluding carboxylic acids is 2. The smallest absolute Gasteiger partial charge is 0.306 e. The Morgan fingerprint density at radius 2 is 1.88 bits per heavy atom. The minimum atomic E-state index is -1.19. The van der Waals surface area contributed by atoms with E-state index in [2.05, 4.69) is 4.98 Å². The molecule has 5 rings (SSSR count). The molecule has 0 radical (unpaired) electrons. The number of phenolic OH excluding ortho intramolecular Hbond substituents is 2. The lowest BCUT2D eigenvalue weighted by molar-refractivity contribution is -0.140. The van der Waals surface area contributed by atoms with E-state index in [4.69, 9.17) is 9.47 Å². The van der Waals surface area contributed by atoms with Crippen LogP contribution < -0.4 is 5.56 Å². The van der Waals surface area contributed by atoms with Crippen LogP contribution in [0.15, 0.2) is 47.4 Å². The van der Waals surface area contributed by atoms with Gasteiger partial charge in [0.15, 0.2) is 5.78 Å². The molecule has 2 aromatic heterocycles. The highest BCUT2D eigenvalue weighted by molar-refractivity contribution is 5.98. The molecule has 4 aromatic rings. The molecule has 2 unspecified atom stereocenters. The Morgan fingerprint density at radius 1 is 1.15 bits per heavy atom. The topological polar surface area (TPSA) is 148 Å². The van der Waals surface area contributed by atoms with Gasteiger partial charge in [-0.3, -0.25) is 19.4 Å². The van der Waals surface area contributed by atoms with E-state index in [1.165, 1.54) is 24.7 Å². The highest BCUT2D eigenvalue weighted by Gasteiger charge is 2.37. The Balaban J connectivity index is 1.82. The summed E-state index contributed by atoms with van der Waals surface area (Å²) in [6.07, 6.45) is 0.142. The minimum absolute atomic E-state index is 0.0860. The number of hydrogen-bond acceptors (Lipinski definition) is 9. The van der Waals surface area contributed by atoms with Crippen molar-refractivity contribution in [3.63, 3.8) is 0 Å². The van der Waals surface area contributed by atoms with E-state index in [1.807, 2.05) is 0 Å². The summed E-state index contributed by atoms with van der Waals surface area (Å²) in [5.74, 6) is -3.56. The van der Waals surface area contributed by atoms with Crippen LogP contribution in [0.1, 0.15) is 69.2 Å². The van der Waals surface area contributed by atoms with Gasteiger partial charge in [0.2, 0.25) is 0 Å². The Bertz CT molecular complexity index is 1760. The summed E-state index contributed by atoms with van der Waals surface area (Å²) in [5.41, 5.74) is 1.38. The van der Waals surface area contributed by atoms with Gasteiger partial charge in [-0.1, -0.05) is 18.2 Å². The molecule has 0 amide bonds. The fourth-order valence-electron chi connectivity index (χ4n) is 5.38. The number of ketones is 1. The number of pyridine rings is 2. The van der Waals surface area contributed by atoms with Crippen molar-refractivity contribution in [2.45, 2.75) is 38.9 Å². The normalized spacial score (nSPS) is 15.2. The number of carbonyl (C=O) groups is 2. The SMILES string of the molecule is COC(=O)CC(c1c(O)c(C(C)=O)cc(C2OCc3cnc(C)c(O)c32)c1O)c1cc2ccccc2n(C)c1=O. The number of rotatable bonds is 6. The lowest BCUT2D eigenvalue weighted by Gasteiger charge is -2.25. The van der Waals surface area contributed by atoms with Crippen molar-refractivity contribution >= 4 is 22.7 Å². The number of phenols is 2. The molecule has 10 heteroatoms. The zero-order valence-corrected chi connectivity index (χ0v) is 22.4. The van der Waals surface area contributed by atoms with Crippen LogP contribution in [0.3, 0.4) is 0 Å². The maximum Gasteiger partial charge on any atom is 0.306 e. The van der Waals surface area contributed by atoms with Gasteiger partial charge in [-0.2, -0.15) is 0 Å². The molecule has 2 atom stereocenters. The number of aryl methyl sites for hydroxylation is 2. The van der Waals surface area contributed by atoms with Gasteiger partial charge >= 0.3 is 5.97 Å². The summed E-state index contributed by atoms with van der Waals surface area (Å²) in [5, 5.41) is 34.5. The molecule has 0 aliphatic carbocycles. The summed E-state index contributed by atoms with van der Waals surface area (Å²) < 4.78 is 12.3. The molecule has 0 spiro atoms. The molecule has 0 bridgehead atoms. The fourth-order valence-corrected chi connectivity index (χ4v) is 5.38. The van der Waals surface area contributed by atoms with E-state index < -0.39 is 47.3 Å². The third-order valence-corrected chi connectivity index (χ3v) is 7.51. The van der Waals surface area contributed by atoms with E-state index >= 15 is 0 Å². The summed E-state index contributed by atoms with van der Waals surface area (Å²) in [6.45, 7) is 2.96. The first kappa shape index (κ1) is 26.9. The average molecular weight is 545 g/mol. The zero-order valence-electron chi connectivity index (χ0n) is 22.4. The maximum absolute atomic E-state index is 13.6. The average Bonchev–Trinajstić information content (AvgIpc) is 3.36. The summed E-state index contributed by atoms with van der Waals surface area (Å²) in [7, 11) is 2.78. The summed E-state index contributed by atoms with van der Waals surface area (Å²) in [4.78, 5) is 43.1. The van der Waals surface area contributed by atoms with Crippen LogP contribution in [-0.2, 0) is 27.9 Å². The molecule has 0 saturated heterocycles. The number of hydrogen-bond donors (Lipinski definition) is 3. The number of esters is 1. The number of methoxy groups -OCH3 is 1. The number of benzene rings is 2. The molecular formula is C30H28N2O8. The molecule has 1 aliphatic rings. The van der Waals surface area contributed by atoms with Crippen molar-refractivity contribution in [3.8, 4) is 17.2 Å². The van der Waals surface area contributed by atoms with Crippen molar-refractivity contribution < 1.29 is 34.4 Å². The van der Waals surface area contributed by atoms with Gasteiger partial charge in [-0.15, -0.1) is 0 Å². The van der Waals surface area contributed by atoms with E-state index in [0.717, 1.165) is 0 Å². The molecule has 0 fully saturated rings. The van der Waals surface area contributed by atoms with Crippen LogP contribution in [0.4, 0.5) is 0 Å². The van der Waals surface area contributed by atoms with E-state index in [0.29, 0.717) is 27.7 Å². The number of ether oxygens (including phenoxy) is 2. The van der Waals surface area contributed by atoms with Crippen LogP contribution in [-0.4, -0.2) is 43.7 Å². The predicted molar refractivity (Wildman–Crippen MR) is 145 cm³/mol. The van der Waals surface area contributed by atoms with Crippen LogP contribution >= 0.6 is 0 Å². The fraction of sp³-hybridized carbons (Fsp3) is 0.267. The molecule has 10 nitrogen and oxygen atoms in total. The second-order valence-corrected chi connectivity index (χ2v) is 9.86. The number of para-hydroxylation sites is 1. The second kappa shape index (κ2) is 10.1. The summed E-state index contributed by atoms with van der Waals surface area (Å²) >= 11 is 0. The maximum atomic E-state index is 13.6. The van der Waals surface area contributed by atoms with Crippen molar-refractivity contribution in [2.24, 2.45) is 7.05 Å². The first-order valence-electron chi connectivity index (χ1n) is 12.6. The molecule has 40 heavy (non-hydrogen) atoms. The van der Waals surface area contributed by atoms with Crippen LogP contribution in [0, 0.1) is 6.92 Å². The summed E-state index contributed by atoms with van der Waals surface area (Å²) in [6, 6.07) is 10.1. The molecule has 3 heterocycles. The molecule has 206 valence electrons. The number of nitrogens with zero attached hydrogens (tertiary/aromatic N) is 2. The minimum Gasteiger partial charge on any atom is -0.507 e. The first-order chi connectivity index (χ1) is 19.0. The number of aromatic nitrogens is 2. The standard InChI is InChI=1S/C30H28N2O8/c1-14-26(35)24-17(12-31-14)13-40-29(24)21-10-18(15(2)33)27(36)25(28(21)37)19(11-23(34)39-4)20-9-16-7-5-6-8-22(16)32(3)30(20)38/h5-10,12,19,29,35-37H,11,13H2,1-4H3. The van der Waals surface area contributed by atoms with E-state index in [9.17, 15) is 29.7 Å². The number of Topliss-reactive ketones (excluding diaryl/α,β-unsaturated/α-hetero) is 1. The van der Waals surface area contributed by atoms with Gasteiger partial charge in [-0.05, 0) is 37.4 Å². The van der Waals surface area contributed by atoms with E-state index in [-0.39, 0.29) is 34.6 Å². The second-order valence-electron chi connectivity index (χ2n) is 9.86. The van der Waals surface area contributed by atoms with Gasteiger partial charge in [-0.25, -0.2) is 0 Å². The van der Waals surface area contributed by atoms with Gasteiger partial charge < -0.3 is 29.4 Å². The highest BCUT2D eigenvalue weighted by atomic mass is 16.5. The molecule has 2 aromatic carbocycles. The largest absolute Gasteiger partial charge is 0.507 e. The molecule has 1 aliphatic heterocycles.